The number of aliphatic carboxylic acids is 2. The van der Waals surface area contributed by atoms with Crippen molar-refractivity contribution in [1.82, 2.24) is 16.0 Å². The summed E-state index contributed by atoms with van der Waals surface area (Å²) < 4.78 is 0. The van der Waals surface area contributed by atoms with Gasteiger partial charge in [-0.1, -0.05) is 26.0 Å². The molecule has 1 aromatic rings. The zero-order chi connectivity index (χ0) is 29.7. The molecular weight excluding hydrogens is 514 g/mol. The molecule has 15 nitrogen and oxygen atoms in total. The zero-order valence-corrected chi connectivity index (χ0v) is 21.8. The highest BCUT2D eigenvalue weighted by Gasteiger charge is 2.32. The molecule has 4 atom stereocenters. The van der Waals surface area contributed by atoms with E-state index in [4.69, 9.17) is 17.2 Å². The average Bonchev–Trinajstić information content (AvgIpc) is 2.84. The molecule has 1 aromatic carbocycles. The summed E-state index contributed by atoms with van der Waals surface area (Å²) in [6.07, 6.45) is -0.578. The van der Waals surface area contributed by atoms with E-state index in [1.165, 1.54) is 12.1 Å². The van der Waals surface area contributed by atoms with Gasteiger partial charge in [-0.05, 0) is 42.9 Å². The normalized spacial score (nSPS) is 13.8. The predicted octanol–water partition coefficient (Wildman–Crippen LogP) is -2.01. The molecule has 3 amide bonds. The molecule has 0 aromatic heterocycles. The van der Waals surface area contributed by atoms with E-state index in [9.17, 15) is 39.3 Å². The Bertz CT molecular complexity index is 1040. The van der Waals surface area contributed by atoms with Crippen LogP contribution in [0.3, 0.4) is 0 Å². The molecule has 0 spiro atoms. The Morgan fingerprint density at radius 1 is 0.897 bits per heavy atom. The van der Waals surface area contributed by atoms with Crippen molar-refractivity contribution in [3.63, 3.8) is 0 Å². The standard InChI is InChI=1S/C24H37N7O8/c1-12(2)19(31-20(35)15(25)10-13-5-7-14(32)8-6-13)22(37)30-17(11-18(33)34)21(36)29-16(23(38)39)4-3-9-28-24(26)27/h5-8,12,15-17,19,32H,3-4,9-11,25H2,1-2H3,(H,29,36)(H,30,37)(H,31,35)(H,33,34)(H,38,39)(H4,26,27,28). The molecule has 0 heterocycles. The maximum absolute atomic E-state index is 13.0. The second-order valence-corrected chi connectivity index (χ2v) is 9.21. The van der Waals surface area contributed by atoms with Gasteiger partial charge in [-0.3, -0.25) is 24.2 Å². The number of hydrogen-bond acceptors (Lipinski definition) is 8. The lowest BCUT2D eigenvalue weighted by Gasteiger charge is -2.26. The maximum atomic E-state index is 13.0. The number of hydrogen-bond donors (Lipinski definition) is 9. The van der Waals surface area contributed by atoms with E-state index < -0.39 is 66.2 Å². The van der Waals surface area contributed by atoms with Crippen LogP contribution in [0.2, 0.25) is 0 Å². The van der Waals surface area contributed by atoms with Gasteiger partial charge in [-0.15, -0.1) is 0 Å². The van der Waals surface area contributed by atoms with Crippen LogP contribution >= 0.6 is 0 Å². The number of carboxylic acids is 2. The third-order valence-corrected chi connectivity index (χ3v) is 5.55. The first kappa shape index (κ1) is 32.6. The minimum atomic E-state index is -1.63. The molecule has 0 radical (unpaired) electrons. The maximum Gasteiger partial charge on any atom is 0.326 e. The Morgan fingerprint density at radius 3 is 2.00 bits per heavy atom. The van der Waals surface area contributed by atoms with Crippen molar-refractivity contribution in [3.8, 4) is 5.75 Å². The van der Waals surface area contributed by atoms with Crippen LogP contribution in [0.4, 0.5) is 0 Å². The number of amides is 3. The fourth-order valence-corrected chi connectivity index (χ4v) is 3.45. The zero-order valence-electron chi connectivity index (χ0n) is 21.8. The number of guanidine groups is 1. The van der Waals surface area contributed by atoms with Crippen molar-refractivity contribution in [1.29, 1.82) is 0 Å². The summed E-state index contributed by atoms with van der Waals surface area (Å²) in [4.78, 5) is 65.2. The minimum absolute atomic E-state index is 0.0499. The molecule has 0 aliphatic heterocycles. The van der Waals surface area contributed by atoms with Crippen molar-refractivity contribution in [2.75, 3.05) is 6.54 Å². The Balaban J connectivity index is 2.91. The summed E-state index contributed by atoms with van der Waals surface area (Å²) in [5.74, 6) is -5.95. The van der Waals surface area contributed by atoms with E-state index in [1.54, 1.807) is 26.0 Å². The number of nitrogens with two attached hydrogens (primary N) is 3. The Labute approximate surface area is 225 Å². The molecule has 0 fully saturated rings. The molecule has 4 unspecified atom stereocenters. The van der Waals surface area contributed by atoms with Gasteiger partial charge in [-0.2, -0.15) is 0 Å². The molecule has 1 rings (SSSR count). The van der Waals surface area contributed by atoms with Crippen molar-refractivity contribution in [2.45, 2.75) is 63.7 Å². The number of phenolic OH excluding ortho intramolecular Hbond substituents is 1. The number of nitrogens with one attached hydrogen (secondary N) is 3. The first-order valence-electron chi connectivity index (χ1n) is 12.2. The van der Waals surface area contributed by atoms with Crippen molar-refractivity contribution in [2.24, 2.45) is 28.1 Å². The van der Waals surface area contributed by atoms with E-state index >= 15 is 0 Å². The topological polar surface area (TPSA) is 273 Å². The first-order valence-corrected chi connectivity index (χ1v) is 12.2. The van der Waals surface area contributed by atoms with Crippen LogP contribution in [0.25, 0.3) is 0 Å². The molecule has 0 saturated heterocycles. The molecule has 15 heteroatoms. The van der Waals surface area contributed by atoms with E-state index in [0.717, 1.165) is 0 Å². The number of phenols is 1. The SMILES string of the molecule is CC(C)C(NC(=O)C(N)Cc1ccc(O)cc1)C(=O)NC(CC(=O)O)C(=O)NC(CCCN=C(N)N)C(=O)O. The van der Waals surface area contributed by atoms with Gasteiger partial charge in [-0.25, -0.2) is 4.79 Å². The highest BCUT2D eigenvalue weighted by molar-refractivity contribution is 5.95. The number of benzene rings is 1. The molecule has 0 bridgehead atoms. The van der Waals surface area contributed by atoms with Gasteiger partial charge in [0.15, 0.2) is 5.96 Å². The largest absolute Gasteiger partial charge is 0.508 e. The van der Waals surface area contributed by atoms with E-state index in [0.29, 0.717) is 5.56 Å². The third-order valence-electron chi connectivity index (χ3n) is 5.55. The summed E-state index contributed by atoms with van der Waals surface area (Å²) >= 11 is 0. The summed E-state index contributed by atoms with van der Waals surface area (Å²) in [6, 6.07) is 0.828. The van der Waals surface area contributed by atoms with Crippen LogP contribution in [0, 0.1) is 5.92 Å². The van der Waals surface area contributed by atoms with Gasteiger partial charge in [0, 0.05) is 6.54 Å². The highest BCUT2D eigenvalue weighted by atomic mass is 16.4. The molecule has 0 aliphatic carbocycles. The van der Waals surface area contributed by atoms with Crippen molar-refractivity contribution < 1.29 is 39.3 Å². The smallest absolute Gasteiger partial charge is 0.326 e. The van der Waals surface area contributed by atoms with Crippen LogP contribution in [0.5, 0.6) is 5.75 Å². The number of aliphatic imine (C=N–C) groups is 1. The monoisotopic (exact) mass is 551 g/mol. The first-order chi connectivity index (χ1) is 18.2. The lowest BCUT2D eigenvalue weighted by molar-refractivity contribution is -0.144. The predicted molar refractivity (Wildman–Crippen MR) is 140 cm³/mol. The second-order valence-electron chi connectivity index (χ2n) is 9.21. The Hall–Kier alpha value is -4.40. The van der Waals surface area contributed by atoms with Gasteiger partial charge in [0.1, 0.15) is 23.9 Å². The van der Waals surface area contributed by atoms with Gasteiger partial charge in [0.25, 0.3) is 0 Å². The molecular formula is C24H37N7O8. The van der Waals surface area contributed by atoms with Crippen molar-refractivity contribution in [3.05, 3.63) is 29.8 Å². The molecule has 0 aliphatic rings. The molecule has 39 heavy (non-hydrogen) atoms. The summed E-state index contributed by atoms with van der Waals surface area (Å²) in [7, 11) is 0. The second kappa shape index (κ2) is 15.8. The van der Waals surface area contributed by atoms with Crippen LogP contribution < -0.4 is 33.2 Å². The summed E-state index contributed by atoms with van der Waals surface area (Å²) in [5, 5.41) is 35.1. The molecule has 0 saturated carbocycles. The van der Waals surface area contributed by atoms with Gasteiger partial charge >= 0.3 is 11.9 Å². The van der Waals surface area contributed by atoms with Crippen molar-refractivity contribution >= 4 is 35.6 Å². The Morgan fingerprint density at radius 2 is 1.49 bits per heavy atom. The van der Waals surface area contributed by atoms with E-state index in [-0.39, 0.29) is 37.5 Å². The Kier molecular flexibility index (Phi) is 13.2. The minimum Gasteiger partial charge on any atom is -0.508 e. The quantitative estimate of drug-likeness (QED) is 0.0614. The van der Waals surface area contributed by atoms with Crippen LogP contribution in [0.15, 0.2) is 29.3 Å². The van der Waals surface area contributed by atoms with Crippen LogP contribution in [0.1, 0.15) is 38.7 Å². The van der Waals surface area contributed by atoms with Crippen LogP contribution in [-0.4, -0.2) is 81.7 Å². The number of aromatic hydroxyl groups is 1. The highest BCUT2D eigenvalue weighted by Crippen LogP contribution is 2.12. The number of nitrogens with zero attached hydrogens (tertiary/aromatic N) is 1. The number of carbonyl (C=O) groups is 5. The van der Waals surface area contributed by atoms with Gasteiger partial charge in [0.05, 0.1) is 12.5 Å². The summed E-state index contributed by atoms with van der Waals surface area (Å²) in [6.45, 7) is 3.36. The fourth-order valence-electron chi connectivity index (χ4n) is 3.45. The van der Waals surface area contributed by atoms with Gasteiger partial charge in [0.2, 0.25) is 17.7 Å². The average molecular weight is 552 g/mol. The number of carboxylic acid groups (broad SMARTS) is 2. The van der Waals surface area contributed by atoms with E-state index in [2.05, 4.69) is 20.9 Å². The van der Waals surface area contributed by atoms with Crippen LogP contribution in [-0.2, 0) is 30.4 Å². The third kappa shape index (κ3) is 12.1. The summed E-state index contributed by atoms with van der Waals surface area (Å²) in [5.41, 5.74) is 17.1. The number of rotatable bonds is 16. The molecule has 12 N–H and O–H groups in total. The molecule has 216 valence electrons. The lowest BCUT2D eigenvalue weighted by atomic mass is 10.0. The number of carbonyl (C=O) groups excluding carboxylic acids is 3. The fraction of sp³-hybridized carbons (Fsp3) is 0.500. The van der Waals surface area contributed by atoms with E-state index in [1.807, 2.05) is 0 Å². The lowest BCUT2D eigenvalue weighted by Crippen LogP contribution is -2.58. The van der Waals surface area contributed by atoms with Gasteiger partial charge < -0.3 is 48.5 Å².